The minimum Gasteiger partial charge on any atom is -0.496 e. The molecule has 0 saturated heterocycles. The number of benzene rings is 1. The Hall–Kier alpha value is -1.56. The van der Waals surface area contributed by atoms with Crippen LogP contribution >= 0.6 is 15.9 Å². The quantitative estimate of drug-likeness (QED) is 0.711. The first-order valence-electron chi connectivity index (χ1n) is 8.18. The van der Waals surface area contributed by atoms with E-state index in [1.54, 1.807) is 37.3 Å². The van der Waals surface area contributed by atoms with Gasteiger partial charge < -0.3 is 14.4 Å². The molecule has 0 spiro atoms. The van der Waals surface area contributed by atoms with Crippen molar-refractivity contribution in [1.29, 1.82) is 0 Å². The summed E-state index contributed by atoms with van der Waals surface area (Å²) in [7, 11) is 3.35. The van der Waals surface area contributed by atoms with E-state index in [9.17, 15) is 9.59 Å². The topological polar surface area (TPSA) is 55.8 Å². The van der Waals surface area contributed by atoms with Crippen molar-refractivity contribution in [3.63, 3.8) is 0 Å². The summed E-state index contributed by atoms with van der Waals surface area (Å²) >= 11 is 3.33. The summed E-state index contributed by atoms with van der Waals surface area (Å²) in [6, 6.07) is 5.17. The van der Waals surface area contributed by atoms with Crippen LogP contribution in [0.25, 0.3) is 0 Å². The monoisotopic (exact) mass is 397 g/mol. The SMILES string of the molecule is COc1ccc(C(=O)OCC(=O)N(C)C2CCC(C)CC2)cc1Br. The number of hydrogen-bond donors (Lipinski definition) is 0. The Balaban J connectivity index is 1.86. The van der Waals surface area contributed by atoms with Crippen molar-refractivity contribution in [2.45, 2.75) is 38.6 Å². The fraction of sp³-hybridized carbons (Fsp3) is 0.556. The van der Waals surface area contributed by atoms with Gasteiger partial charge in [0, 0.05) is 13.1 Å². The van der Waals surface area contributed by atoms with Gasteiger partial charge in [-0.1, -0.05) is 6.92 Å². The molecule has 0 aliphatic heterocycles. The van der Waals surface area contributed by atoms with Crippen LogP contribution in [0.2, 0.25) is 0 Å². The zero-order valence-electron chi connectivity index (χ0n) is 14.4. The number of ether oxygens (including phenoxy) is 2. The van der Waals surface area contributed by atoms with Gasteiger partial charge in [-0.25, -0.2) is 4.79 Å². The van der Waals surface area contributed by atoms with Crippen LogP contribution in [0.5, 0.6) is 5.75 Å². The minimum absolute atomic E-state index is 0.157. The number of nitrogens with zero attached hydrogens (tertiary/aromatic N) is 1. The molecule has 0 aromatic heterocycles. The molecule has 1 aliphatic rings. The van der Waals surface area contributed by atoms with Crippen LogP contribution in [0.15, 0.2) is 22.7 Å². The molecule has 0 atom stereocenters. The fourth-order valence-corrected chi connectivity index (χ4v) is 3.48. The molecule has 1 saturated carbocycles. The molecule has 6 heteroatoms. The molecule has 0 heterocycles. The molecule has 0 N–H and O–H groups in total. The van der Waals surface area contributed by atoms with Crippen LogP contribution in [0, 0.1) is 5.92 Å². The number of rotatable bonds is 5. The highest BCUT2D eigenvalue weighted by atomic mass is 79.9. The lowest BCUT2D eigenvalue weighted by Crippen LogP contribution is -2.41. The van der Waals surface area contributed by atoms with E-state index < -0.39 is 5.97 Å². The highest BCUT2D eigenvalue weighted by molar-refractivity contribution is 9.10. The molecule has 1 aromatic rings. The van der Waals surface area contributed by atoms with E-state index in [2.05, 4.69) is 22.9 Å². The lowest BCUT2D eigenvalue weighted by molar-refractivity contribution is -0.136. The smallest absolute Gasteiger partial charge is 0.338 e. The van der Waals surface area contributed by atoms with Gasteiger partial charge in [-0.15, -0.1) is 0 Å². The second-order valence-corrected chi connectivity index (χ2v) is 7.20. The normalized spacial score (nSPS) is 20.3. The number of halogens is 1. The van der Waals surface area contributed by atoms with Crippen molar-refractivity contribution in [3.8, 4) is 5.75 Å². The average Bonchev–Trinajstić information content (AvgIpc) is 2.59. The van der Waals surface area contributed by atoms with E-state index in [1.165, 1.54) is 0 Å². The third kappa shape index (κ3) is 4.72. The van der Waals surface area contributed by atoms with Crippen molar-refractivity contribution < 1.29 is 19.1 Å². The van der Waals surface area contributed by atoms with Gasteiger partial charge in [0.1, 0.15) is 5.75 Å². The lowest BCUT2D eigenvalue weighted by atomic mass is 9.87. The third-order valence-electron chi connectivity index (χ3n) is 4.64. The van der Waals surface area contributed by atoms with Crippen LogP contribution in [0.1, 0.15) is 43.0 Å². The van der Waals surface area contributed by atoms with Gasteiger partial charge in [-0.2, -0.15) is 0 Å². The van der Waals surface area contributed by atoms with Crippen molar-refractivity contribution in [1.82, 2.24) is 4.90 Å². The maximum Gasteiger partial charge on any atom is 0.338 e. The molecule has 0 bridgehead atoms. The van der Waals surface area contributed by atoms with Gasteiger partial charge in [0.2, 0.25) is 0 Å². The number of carbonyl (C=O) groups excluding carboxylic acids is 2. The van der Waals surface area contributed by atoms with Crippen molar-refractivity contribution in [3.05, 3.63) is 28.2 Å². The van der Waals surface area contributed by atoms with E-state index in [0.29, 0.717) is 15.8 Å². The Bertz CT molecular complexity index is 597. The molecule has 0 unspecified atom stereocenters. The average molecular weight is 398 g/mol. The van der Waals surface area contributed by atoms with Gasteiger partial charge in [-0.05, 0) is 65.7 Å². The Kier molecular flexibility index (Phi) is 6.66. The Morgan fingerprint density at radius 3 is 2.50 bits per heavy atom. The molecular formula is C18H24BrNO4. The highest BCUT2D eigenvalue weighted by Gasteiger charge is 2.25. The summed E-state index contributed by atoms with van der Waals surface area (Å²) in [5, 5.41) is 0. The first-order chi connectivity index (χ1) is 11.4. The zero-order valence-corrected chi connectivity index (χ0v) is 16.0. The van der Waals surface area contributed by atoms with Crippen LogP contribution in [0.4, 0.5) is 0 Å². The van der Waals surface area contributed by atoms with E-state index in [1.807, 2.05) is 0 Å². The number of carbonyl (C=O) groups is 2. The largest absolute Gasteiger partial charge is 0.496 e. The lowest BCUT2D eigenvalue weighted by Gasteiger charge is -2.33. The molecule has 2 rings (SSSR count). The zero-order chi connectivity index (χ0) is 17.7. The maximum atomic E-state index is 12.2. The van der Waals surface area contributed by atoms with Gasteiger partial charge in [-0.3, -0.25) is 4.79 Å². The predicted molar refractivity (Wildman–Crippen MR) is 95.2 cm³/mol. The number of likely N-dealkylation sites (N-methyl/N-ethyl adjacent to an activating group) is 1. The van der Waals surface area contributed by atoms with Gasteiger partial charge in [0.15, 0.2) is 6.61 Å². The molecule has 0 radical (unpaired) electrons. The summed E-state index contributed by atoms with van der Waals surface area (Å²) in [5.74, 6) is 0.692. The minimum atomic E-state index is -0.516. The van der Waals surface area contributed by atoms with E-state index in [4.69, 9.17) is 9.47 Å². The van der Waals surface area contributed by atoms with Crippen LogP contribution in [0.3, 0.4) is 0 Å². The molecule has 1 amide bonds. The molecule has 1 aliphatic carbocycles. The Labute approximate surface area is 151 Å². The van der Waals surface area contributed by atoms with Crippen LogP contribution < -0.4 is 4.74 Å². The Morgan fingerprint density at radius 1 is 1.25 bits per heavy atom. The molecule has 1 aromatic carbocycles. The van der Waals surface area contributed by atoms with Crippen molar-refractivity contribution >= 4 is 27.8 Å². The highest BCUT2D eigenvalue weighted by Crippen LogP contribution is 2.27. The van der Waals surface area contributed by atoms with Crippen LogP contribution in [-0.2, 0) is 9.53 Å². The van der Waals surface area contributed by atoms with E-state index in [-0.39, 0.29) is 18.6 Å². The first-order valence-corrected chi connectivity index (χ1v) is 8.98. The molecule has 1 fully saturated rings. The third-order valence-corrected chi connectivity index (χ3v) is 5.26. The number of hydrogen-bond acceptors (Lipinski definition) is 4. The van der Waals surface area contributed by atoms with Gasteiger partial charge in [0.05, 0.1) is 17.1 Å². The summed E-state index contributed by atoms with van der Waals surface area (Å²) in [6.45, 7) is 2.01. The van der Waals surface area contributed by atoms with E-state index >= 15 is 0 Å². The second-order valence-electron chi connectivity index (χ2n) is 6.34. The van der Waals surface area contributed by atoms with E-state index in [0.717, 1.165) is 31.6 Å². The fourth-order valence-electron chi connectivity index (χ4n) is 2.94. The van der Waals surface area contributed by atoms with Gasteiger partial charge in [0.25, 0.3) is 5.91 Å². The van der Waals surface area contributed by atoms with Crippen molar-refractivity contribution in [2.75, 3.05) is 20.8 Å². The molecule has 24 heavy (non-hydrogen) atoms. The summed E-state index contributed by atoms with van der Waals surface area (Å²) in [4.78, 5) is 26.1. The molecule has 5 nitrogen and oxygen atoms in total. The van der Waals surface area contributed by atoms with Gasteiger partial charge >= 0.3 is 5.97 Å². The predicted octanol–water partition coefficient (Wildman–Crippen LogP) is 3.65. The van der Waals surface area contributed by atoms with Crippen LogP contribution in [-0.4, -0.2) is 43.6 Å². The maximum absolute atomic E-state index is 12.2. The molecular weight excluding hydrogens is 374 g/mol. The standard InChI is InChI=1S/C18H24BrNO4/c1-12-4-7-14(8-5-12)20(2)17(21)11-24-18(22)13-6-9-16(23-3)15(19)10-13/h6,9-10,12,14H,4-5,7-8,11H2,1-3H3. The van der Waals surface area contributed by atoms with Crippen molar-refractivity contribution in [2.24, 2.45) is 5.92 Å². The number of amides is 1. The molecule has 132 valence electrons. The summed E-state index contributed by atoms with van der Waals surface area (Å²) < 4.78 is 10.9. The first kappa shape index (κ1) is 18.8. The summed E-state index contributed by atoms with van der Waals surface area (Å²) in [5.41, 5.74) is 0.379. The number of esters is 1. The summed E-state index contributed by atoms with van der Waals surface area (Å²) in [6.07, 6.45) is 4.31. The second kappa shape index (κ2) is 8.51. The Morgan fingerprint density at radius 2 is 1.92 bits per heavy atom. The number of methoxy groups -OCH3 is 1.